The highest BCUT2D eigenvalue weighted by molar-refractivity contribution is 7.90. The lowest BCUT2D eigenvalue weighted by Crippen LogP contribution is -2.12. The van der Waals surface area contributed by atoms with Crippen LogP contribution in [0.5, 0.6) is 5.75 Å². The largest absolute Gasteiger partial charge is 0.497 e. The molecule has 37 heavy (non-hydrogen) atoms. The Labute approximate surface area is 216 Å². The molecule has 0 atom stereocenters. The zero-order valence-electron chi connectivity index (χ0n) is 21.1. The first-order chi connectivity index (χ1) is 18.0. The Morgan fingerprint density at radius 1 is 0.676 bits per heavy atom. The summed E-state index contributed by atoms with van der Waals surface area (Å²) in [6.07, 6.45) is 4.73. The van der Waals surface area contributed by atoms with Gasteiger partial charge in [-0.25, -0.2) is 12.4 Å². The number of unbranched alkanes of at least 4 members (excludes halogenated alkanes) is 3. The standard InChI is InChI=1S/C31H30N2O3S/c1-3-4-5-11-18-32-28-15-10-9-14-24(28)26-21-31-27(20-30(26)32)25-19-22(36-2)16-17-29(25)33(31)37(34,35)23-12-7-6-8-13-23/h6-10,12-17,19-21H,3-5,11,18H2,1-2H3. The van der Waals surface area contributed by atoms with Crippen LogP contribution in [0.15, 0.2) is 89.8 Å². The third-order valence-electron chi connectivity index (χ3n) is 7.34. The van der Waals surface area contributed by atoms with Gasteiger partial charge < -0.3 is 9.30 Å². The molecule has 0 amide bonds. The number of nitrogens with zero attached hydrogens (tertiary/aromatic N) is 2. The smallest absolute Gasteiger partial charge is 0.268 e. The summed E-state index contributed by atoms with van der Waals surface area (Å²) in [5.74, 6) is 0.698. The van der Waals surface area contributed by atoms with Crippen molar-refractivity contribution in [1.29, 1.82) is 0 Å². The first kappa shape index (κ1) is 23.6. The summed E-state index contributed by atoms with van der Waals surface area (Å²) in [6.45, 7) is 3.16. The number of para-hydroxylation sites is 1. The van der Waals surface area contributed by atoms with Gasteiger partial charge in [0.05, 0.1) is 23.0 Å². The molecular weight excluding hydrogens is 480 g/mol. The van der Waals surface area contributed by atoms with E-state index in [4.69, 9.17) is 4.74 Å². The van der Waals surface area contributed by atoms with Crippen LogP contribution in [0.2, 0.25) is 0 Å². The molecule has 6 rings (SSSR count). The van der Waals surface area contributed by atoms with E-state index in [-0.39, 0.29) is 4.90 Å². The van der Waals surface area contributed by atoms with Crippen molar-refractivity contribution < 1.29 is 13.2 Å². The molecule has 0 aliphatic carbocycles. The van der Waals surface area contributed by atoms with E-state index >= 15 is 0 Å². The number of aromatic nitrogens is 2. The number of hydrogen-bond acceptors (Lipinski definition) is 3. The van der Waals surface area contributed by atoms with Crippen molar-refractivity contribution in [2.24, 2.45) is 0 Å². The SMILES string of the molecule is CCCCCCn1c2ccccc2c2cc3c(cc21)c1cc(OC)ccc1n3S(=O)(=O)c1ccccc1. The molecule has 0 saturated carbocycles. The second-order valence-electron chi connectivity index (χ2n) is 9.58. The predicted octanol–water partition coefficient (Wildman–Crippen LogP) is 7.73. The Bertz CT molecular complexity index is 1870. The van der Waals surface area contributed by atoms with Crippen LogP contribution >= 0.6 is 0 Å². The summed E-state index contributed by atoms with van der Waals surface area (Å²) in [6, 6.07) is 26.9. The van der Waals surface area contributed by atoms with Crippen molar-refractivity contribution in [3.8, 4) is 5.75 Å². The van der Waals surface area contributed by atoms with Gasteiger partial charge in [-0.15, -0.1) is 0 Å². The van der Waals surface area contributed by atoms with Crippen molar-refractivity contribution in [1.82, 2.24) is 8.54 Å². The summed E-state index contributed by atoms with van der Waals surface area (Å²) in [4.78, 5) is 0.267. The van der Waals surface area contributed by atoms with E-state index in [2.05, 4.69) is 47.9 Å². The van der Waals surface area contributed by atoms with Gasteiger partial charge in [-0.05, 0) is 55.0 Å². The number of rotatable bonds is 8. The van der Waals surface area contributed by atoms with Crippen LogP contribution in [-0.2, 0) is 16.6 Å². The number of methoxy groups -OCH3 is 1. The molecule has 0 fully saturated rings. The zero-order chi connectivity index (χ0) is 25.6. The van der Waals surface area contributed by atoms with Crippen molar-refractivity contribution in [2.45, 2.75) is 44.0 Å². The summed E-state index contributed by atoms with van der Waals surface area (Å²) < 4.78 is 37.4. The second kappa shape index (κ2) is 9.27. The zero-order valence-corrected chi connectivity index (χ0v) is 22.0. The van der Waals surface area contributed by atoms with Gasteiger partial charge in [-0.1, -0.05) is 62.6 Å². The van der Waals surface area contributed by atoms with Gasteiger partial charge in [-0.3, -0.25) is 0 Å². The van der Waals surface area contributed by atoms with Crippen molar-refractivity contribution in [3.05, 3.63) is 84.9 Å². The molecule has 0 aliphatic rings. The van der Waals surface area contributed by atoms with Gasteiger partial charge in [0.1, 0.15) is 5.75 Å². The maximum atomic E-state index is 14.0. The number of aryl methyl sites for hydroxylation is 1. The molecule has 0 spiro atoms. The van der Waals surface area contributed by atoms with E-state index in [9.17, 15) is 8.42 Å². The fourth-order valence-corrected chi connectivity index (χ4v) is 7.07. The summed E-state index contributed by atoms with van der Waals surface area (Å²) in [5.41, 5.74) is 3.63. The molecule has 4 aromatic carbocycles. The maximum Gasteiger partial charge on any atom is 0.268 e. The van der Waals surface area contributed by atoms with Crippen LogP contribution < -0.4 is 4.74 Å². The molecule has 0 bridgehead atoms. The minimum absolute atomic E-state index is 0.267. The van der Waals surface area contributed by atoms with Crippen LogP contribution in [0.3, 0.4) is 0 Å². The molecule has 188 valence electrons. The summed E-state index contributed by atoms with van der Waals surface area (Å²) in [5, 5.41) is 3.97. The Kier molecular flexibility index (Phi) is 5.92. The van der Waals surface area contributed by atoms with Gasteiger partial charge in [0.15, 0.2) is 0 Å². The summed E-state index contributed by atoms with van der Waals surface area (Å²) in [7, 11) is -2.20. The van der Waals surface area contributed by atoms with Crippen molar-refractivity contribution in [2.75, 3.05) is 7.11 Å². The van der Waals surface area contributed by atoms with E-state index < -0.39 is 10.0 Å². The molecule has 2 aromatic heterocycles. The van der Waals surface area contributed by atoms with Crippen molar-refractivity contribution in [3.63, 3.8) is 0 Å². The highest BCUT2D eigenvalue weighted by Crippen LogP contribution is 2.39. The minimum Gasteiger partial charge on any atom is -0.497 e. The predicted molar refractivity (Wildman–Crippen MR) is 152 cm³/mol. The van der Waals surface area contributed by atoms with Gasteiger partial charge in [0.2, 0.25) is 0 Å². The first-order valence-electron chi connectivity index (χ1n) is 12.9. The van der Waals surface area contributed by atoms with E-state index in [0.717, 1.165) is 40.0 Å². The van der Waals surface area contributed by atoms with Gasteiger partial charge >= 0.3 is 0 Å². The molecule has 0 N–H and O–H groups in total. The lowest BCUT2D eigenvalue weighted by atomic mass is 10.1. The van der Waals surface area contributed by atoms with Crippen LogP contribution in [0.25, 0.3) is 43.6 Å². The third kappa shape index (κ3) is 3.78. The fourth-order valence-electron chi connectivity index (χ4n) is 5.53. The second-order valence-corrected chi connectivity index (χ2v) is 11.4. The first-order valence-corrected chi connectivity index (χ1v) is 14.3. The molecule has 0 saturated heterocycles. The lowest BCUT2D eigenvalue weighted by molar-refractivity contribution is 0.415. The third-order valence-corrected chi connectivity index (χ3v) is 9.08. The molecule has 6 aromatic rings. The Morgan fingerprint density at radius 2 is 1.38 bits per heavy atom. The molecule has 0 radical (unpaired) electrons. The van der Waals surface area contributed by atoms with Crippen molar-refractivity contribution >= 4 is 53.6 Å². The lowest BCUT2D eigenvalue weighted by Gasteiger charge is -2.10. The number of ether oxygens (including phenoxy) is 1. The van der Waals surface area contributed by atoms with E-state index in [1.165, 1.54) is 28.8 Å². The molecular formula is C31H30N2O3S. The van der Waals surface area contributed by atoms with E-state index in [0.29, 0.717) is 16.8 Å². The highest BCUT2D eigenvalue weighted by Gasteiger charge is 2.25. The van der Waals surface area contributed by atoms with Crippen LogP contribution in [0.4, 0.5) is 0 Å². The molecule has 0 unspecified atom stereocenters. The fraction of sp³-hybridized carbons (Fsp3) is 0.226. The molecule has 5 nitrogen and oxygen atoms in total. The molecule has 6 heteroatoms. The van der Waals surface area contributed by atoms with Crippen LogP contribution in [0.1, 0.15) is 32.6 Å². The van der Waals surface area contributed by atoms with Crippen LogP contribution in [-0.4, -0.2) is 24.1 Å². The van der Waals surface area contributed by atoms with Crippen LogP contribution in [0, 0.1) is 0 Å². The van der Waals surface area contributed by atoms with Gasteiger partial charge in [0.25, 0.3) is 10.0 Å². The van der Waals surface area contributed by atoms with E-state index in [1.807, 2.05) is 24.3 Å². The Hall–Kier alpha value is -3.77. The maximum absolute atomic E-state index is 14.0. The normalized spacial score (nSPS) is 12.3. The summed E-state index contributed by atoms with van der Waals surface area (Å²) >= 11 is 0. The van der Waals surface area contributed by atoms with E-state index in [1.54, 1.807) is 31.4 Å². The quantitative estimate of drug-likeness (QED) is 0.197. The monoisotopic (exact) mass is 510 g/mol. The minimum atomic E-state index is -3.83. The average molecular weight is 511 g/mol. The average Bonchev–Trinajstić information content (AvgIpc) is 3.42. The van der Waals surface area contributed by atoms with Gasteiger partial charge in [0, 0.05) is 39.1 Å². The Balaban J connectivity index is 1.70. The number of fused-ring (bicyclic) bond motifs is 6. The molecule has 0 aliphatic heterocycles. The Morgan fingerprint density at radius 3 is 2.16 bits per heavy atom. The number of benzene rings is 4. The highest BCUT2D eigenvalue weighted by atomic mass is 32.2. The number of hydrogen-bond donors (Lipinski definition) is 0. The molecule has 2 heterocycles. The van der Waals surface area contributed by atoms with Gasteiger partial charge in [-0.2, -0.15) is 0 Å². The topological polar surface area (TPSA) is 53.2 Å².